The summed E-state index contributed by atoms with van der Waals surface area (Å²) < 4.78 is 29.0. The number of amides is 1. The van der Waals surface area contributed by atoms with Crippen molar-refractivity contribution < 1.29 is 27.5 Å². The lowest BCUT2D eigenvalue weighted by Gasteiger charge is -2.31. The Hall–Kier alpha value is -1.32. The Bertz CT molecular complexity index is 698. The van der Waals surface area contributed by atoms with Gasteiger partial charge in [0.2, 0.25) is 15.7 Å². The fourth-order valence-electron chi connectivity index (χ4n) is 2.81. The number of carbonyl (C=O) groups is 3. The SMILES string of the molecule is CC(C)C(=O)C(CCCCNC(=O)C(C)(C)COC(C)(C)CCN)C(=O)S(C)(=O)=O. The van der Waals surface area contributed by atoms with Crippen LogP contribution in [0, 0.1) is 17.3 Å². The van der Waals surface area contributed by atoms with Gasteiger partial charge in [0.05, 0.1) is 23.5 Å². The van der Waals surface area contributed by atoms with Crippen molar-refractivity contribution in [2.45, 2.75) is 72.8 Å². The fraction of sp³-hybridized carbons (Fsp3) is 0.857. The van der Waals surface area contributed by atoms with Crippen LogP contribution in [0.1, 0.15) is 67.2 Å². The molecular weight excluding hydrogens is 408 g/mol. The molecule has 0 aliphatic rings. The highest BCUT2D eigenvalue weighted by molar-refractivity contribution is 8.05. The molecule has 0 saturated heterocycles. The number of carbonyl (C=O) groups excluding carboxylic acids is 3. The van der Waals surface area contributed by atoms with Crippen LogP contribution in [-0.4, -0.2) is 56.8 Å². The Kier molecular flexibility index (Phi) is 11.4. The Labute approximate surface area is 181 Å². The predicted octanol–water partition coefficient (Wildman–Crippen LogP) is 1.86. The third-order valence-corrected chi connectivity index (χ3v) is 5.97. The molecule has 0 aromatic heterocycles. The van der Waals surface area contributed by atoms with Gasteiger partial charge in [0.25, 0.3) is 5.12 Å². The zero-order chi connectivity index (χ0) is 23.8. The number of Topliss-reactive ketones (excluding diaryl/α,β-unsaturated/α-hetero) is 1. The van der Waals surface area contributed by atoms with E-state index in [4.69, 9.17) is 10.5 Å². The van der Waals surface area contributed by atoms with Crippen molar-refractivity contribution in [2.24, 2.45) is 23.0 Å². The molecule has 0 bridgehead atoms. The number of hydrogen-bond donors (Lipinski definition) is 2. The van der Waals surface area contributed by atoms with Crippen molar-refractivity contribution >= 4 is 26.6 Å². The zero-order valence-electron chi connectivity index (χ0n) is 19.5. The van der Waals surface area contributed by atoms with E-state index in [9.17, 15) is 22.8 Å². The summed E-state index contributed by atoms with van der Waals surface area (Å²) in [5.41, 5.74) is 4.44. The molecule has 0 aromatic carbocycles. The third kappa shape index (κ3) is 10.1. The van der Waals surface area contributed by atoms with Crippen molar-refractivity contribution in [3.05, 3.63) is 0 Å². The molecule has 0 saturated carbocycles. The summed E-state index contributed by atoms with van der Waals surface area (Å²) in [6.07, 6.45) is 2.65. The number of nitrogens with one attached hydrogen (secondary N) is 1. The van der Waals surface area contributed by atoms with Crippen LogP contribution in [0.3, 0.4) is 0 Å². The Balaban J connectivity index is 4.62. The van der Waals surface area contributed by atoms with Crippen LogP contribution < -0.4 is 11.1 Å². The summed E-state index contributed by atoms with van der Waals surface area (Å²) in [6.45, 7) is 11.9. The molecule has 1 amide bonds. The summed E-state index contributed by atoms with van der Waals surface area (Å²) in [5, 5.41) is 1.82. The number of ether oxygens (including phenoxy) is 1. The quantitative estimate of drug-likeness (QED) is 0.306. The number of nitrogens with two attached hydrogens (primary N) is 1. The number of sulfone groups is 1. The smallest absolute Gasteiger partial charge is 0.256 e. The minimum atomic E-state index is -3.93. The minimum absolute atomic E-state index is 0.151. The van der Waals surface area contributed by atoms with Gasteiger partial charge in [-0.25, -0.2) is 8.42 Å². The van der Waals surface area contributed by atoms with Crippen molar-refractivity contribution in [3.63, 3.8) is 0 Å². The van der Waals surface area contributed by atoms with Gasteiger partial charge in [-0.1, -0.05) is 20.3 Å². The second-order valence-corrected chi connectivity index (χ2v) is 11.4. The Morgan fingerprint density at radius 2 is 1.63 bits per heavy atom. The molecule has 176 valence electrons. The van der Waals surface area contributed by atoms with Crippen LogP contribution in [0.5, 0.6) is 0 Å². The largest absolute Gasteiger partial charge is 0.374 e. The van der Waals surface area contributed by atoms with Gasteiger partial charge in [0.15, 0.2) is 0 Å². The van der Waals surface area contributed by atoms with E-state index in [1.54, 1.807) is 27.7 Å². The molecule has 1 atom stereocenters. The molecule has 30 heavy (non-hydrogen) atoms. The normalized spacial score (nSPS) is 13.9. The number of ketones is 1. The van der Waals surface area contributed by atoms with Crippen LogP contribution in [0.2, 0.25) is 0 Å². The molecule has 0 radical (unpaired) electrons. The molecule has 0 aromatic rings. The predicted molar refractivity (Wildman–Crippen MR) is 118 cm³/mol. The van der Waals surface area contributed by atoms with Crippen LogP contribution >= 0.6 is 0 Å². The van der Waals surface area contributed by atoms with E-state index in [2.05, 4.69) is 5.32 Å². The topological polar surface area (TPSA) is 133 Å². The molecule has 0 fully saturated rings. The van der Waals surface area contributed by atoms with Crippen LogP contribution in [0.15, 0.2) is 0 Å². The van der Waals surface area contributed by atoms with E-state index in [1.807, 2.05) is 13.8 Å². The van der Waals surface area contributed by atoms with E-state index in [-0.39, 0.29) is 24.7 Å². The van der Waals surface area contributed by atoms with E-state index >= 15 is 0 Å². The maximum absolute atomic E-state index is 12.5. The zero-order valence-corrected chi connectivity index (χ0v) is 20.4. The first-order valence-corrected chi connectivity index (χ1v) is 12.3. The molecular formula is C21H40N2O6S. The Morgan fingerprint density at radius 1 is 1.07 bits per heavy atom. The average Bonchev–Trinajstić information content (AvgIpc) is 2.61. The van der Waals surface area contributed by atoms with Gasteiger partial charge in [-0.05, 0) is 53.5 Å². The molecule has 0 rings (SSSR count). The first kappa shape index (κ1) is 28.7. The highest BCUT2D eigenvalue weighted by Gasteiger charge is 2.34. The minimum Gasteiger partial charge on any atom is -0.374 e. The number of rotatable bonds is 14. The third-order valence-electron chi connectivity index (χ3n) is 4.95. The first-order chi connectivity index (χ1) is 13.5. The lowest BCUT2D eigenvalue weighted by atomic mass is 9.91. The van der Waals surface area contributed by atoms with Gasteiger partial charge in [-0.15, -0.1) is 0 Å². The summed E-state index contributed by atoms with van der Waals surface area (Å²) in [4.78, 5) is 36.8. The molecule has 8 nitrogen and oxygen atoms in total. The second kappa shape index (κ2) is 11.9. The summed E-state index contributed by atoms with van der Waals surface area (Å²) in [5.74, 6) is -2.10. The second-order valence-electron chi connectivity index (χ2n) is 9.42. The Morgan fingerprint density at radius 3 is 2.10 bits per heavy atom. The monoisotopic (exact) mass is 448 g/mol. The maximum atomic E-state index is 12.5. The molecule has 1 unspecified atom stereocenters. The summed E-state index contributed by atoms with van der Waals surface area (Å²) in [7, 11) is -3.93. The van der Waals surface area contributed by atoms with Gasteiger partial charge in [-0.3, -0.25) is 14.4 Å². The highest BCUT2D eigenvalue weighted by Crippen LogP contribution is 2.22. The number of unbranched alkanes of at least 4 members (excludes halogenated alkanes) is 1. The van der Waals surface area contributed by atoms with Crippen molar-refractivity contribution in [1.29, 1.82) is 0 Å². The molecule has 0 spiro atoms. The van der Waals surface area contributed by atoms with Gasteiger partial charge in [-0.2, -0.15) is 0 Å². The molecule has 0 aliphatic carbocycles. The molecule has 3 N–H and O–H groups in total. The van der Waals surface area contributed by atoms with E-state index in [1.165, 1.54) is 0 Å². The van der Waals surface area contributed by atoms with Crippen LogP contribution in [0.25, 0.3) is 0 Å². The van der Waals surface area contributed by atoms with E-state index in [0.29, 0.717) is 32.4 Å². The maximum Gasteiger partial charge on any atom is 0.256 e. The summed E-state index contributed by atoms with van der Waals surface area (Å²) in [6, 6.07) is 0. The molecule has 9 heteroatoms. The van der Waals surface area contributed by atoms with Crippen LogP contribution in [0.4, 0.5) is 0 Å². The van der Waals surface area contributed by atoms with Gasteiger partial charge in [0, 0.05) is 18.7 Å². The van der Waals surface area contributed by atoms with Gasteiger partial charge >= 0.3 is 0 Å². The summed E-state index contributed by atoms with van der Waals surface area (Å²) >= 11 is 0. The highest BCUT2D eigenvalue weighted by atomic mass is 32.2. The fourth-order valence-corrected chi connectivity index (χ4v) is 3.56. The first-order valence-electron chi connectivity index (χ1n) is 10.4. The lowest BCUT2D eigenvalue weighted by molar-refractivity contribution is -0.137. The van der Waals surface area contributed by atoms with Crippen molar-refractivity contribution in [3.8, 4) is 0 Å². The lowest BCUT2D eigenvalue weighted by Crippen LogP contribution is -2.43. The standard InChI is InChI=1S/C21H40N2O6S/c1-15(2)17(24)16(18(25)30(7,27)28)10-8-9-13-23-19(26)20(3,4)14-29-21(5,6)11-12-22/h15-16H,8-14,22H2,1-7H3,(H,23,26). The van der Waals surface area contributed by atoms with E-state index < -0.39 is 37.8 Å². The molecule has 0 aliphatic heterocycles. The molecule has 0 heterocycles. The van der Waals surface area contributed by atoms with Gasteiger partial charge in [0.1, 0.15) is 5.78 Å². The van der Waals surface area contributed by atoms with Crippen LogP contribution in [-0.2, 0) is 29.0 Å². The van der Waals surface area contributed by atoms with Crippen molar-refractivity contribution in [1.82, 2.24) is 5.32 Å². The van der Waals surface area contributed by atoms with Gasteiger partial charge < -0.3 is 15.8 Å². The van der Waals surface area contributed by atoms with Crippen molar-refractivity contribution in [2.75, 3.05) is 26.0 Å². The van der Waals surface area contributed by atoms with E-state index in [0.717, 1.165) is 6.26 Å². The number of hydrogen-bond acceptors (Lipinski definition) is 7. The average molecular weight is 449 g/mol.